The van der Waals surface area contributed by atoms with Crippen LogP contribution in [0.25, 0.3) is 44.0 Å². The third kappa shape index (κ3) is 5.14. The van der Waals surface area contributed by atoms with Gasteiger partial charge in [-0.2, -0.15) is 10.4 Å². The summed E-state index contributed by atoms with van der Waals surface area (Å²) in [4.78, 5) is 20.4. The first-order chi connectivity index (χ1) is 20.2. The predicted molar refractivity (Wildman–Crippen MR) is 164 cm³/mol. The SMILES string of the molecule is CC(C)(C)C(=O)Oc1ccc(-c2nc3n[nH]c(-c4cccs4)c3c(-c3ccc(N4CCCCC4)cc3)c2C#N)c(F)c1. The van der Waals surface area contributed by atoms with Gasteiger partial charge in [0.15, 0.2) is 5.65 Å². The Morgan fingerprint density at radius 3 is 2.50 bits per heavy atom. The number of halogens is 1. The van der Waals surface area contributed by atoms with E-state index >= 15 is 4.39 Å². The van der Waals surface area contributed by atoms with E-state index in [1.54, 1.807) is 32.1 Å². The average molecular weight is 580 g/mol. The molecule has 0 amide bonds. The first-order valence-electron chi connectivity index (χ1n) is 14.0. The van der Waals surface area contributed by atoms with E-state index in [0.717, 1.165) is 41.0 Å². The number of rotatable bonds is 5. The highest BCUT2D eigenvalue weighted by Gasteiger charge is 2.27. The number of piperidine rings is 1. The molecule has 1 aliphatic heterocycles. The van der Waals surface area contributed by atoms with E-state index in [1.165, 1.54) is 31.4 Å². The van der Waals surface area contributed by atoms with Crippen LogP contribution in [0.1, 0.15) is 45.6 Å². The molecule has 0 spiro atoms. The van der Waals surface area contributed by atoms with Crippen LogP contribution in [0.3, 0.4) is 0 Å². The van der Waals surface area contributed by atoms with Crippen LogP contribution in [-0.4, -0.2) is 34.2 Å². The summed E-state index contributed by atoms with van der Waals surface area (Å²) in [7, 11) is 0. The molecule has 6 rings (SSSR count). The number of anilines is 1. The number of hydrogen-bond acceptors (Lipinski definition) is 7. The average Bonchev–Trinajstić information content (AvgIpc) is 3.67. The van der Waals surface area contributed by atoms with Crippen molar-refractivity contribution in [1.82, 2.24) is 15.2 Å². The van der Waals surface area contributed by atoms with E-state index in [9.17, 15) is 10.1 Å². The molecule has 1 fully saturated rings. The summed E-state index contributed by atoms with van der Waals surface area (Å²) in [5, 5.41) is 20.8. The van der Waals surface area contributed by atoms with Gasteiger partial charge in [0.05, 0.1) is 32.6 Å². The fraction of sp³-hybridized carbons (Fsp3) is 0.273. The highest BCUT2D eigenvalue weighted by Crippen LogP contribution is 2.42. The molecule has 0 saturated carbocycles. The van der Waals surface area contributed by atoms with Crippen LogP contribution in [0.4, 0.5) is 10.1 Å². The minimum Gasteiger partial charge on any atom is -0.426 e. The number of nitriles is 1. The lowest BCUT2D eigenvalue weighted by Gasteiger charge is -2.29. The zero-order chi connectivity index (χ0) is 29.4. The van der Waals surface area contributed by atoms with Crippen molar-refractivity contribution in [1.29, 1.82) is 5.26 Å². The van der Waals surface area contributed by atoms with Crippen LogP contribution < -0.4 is 9.64 Å². The number of thiophene rings is 1. The lowest BCUT2D eigenvalue weighted by Crippen LogP contribution is -2.29. The zero-order valence-electron chi connectivity index (χ0n) is 23.7. The highest BCUT2D eigenvalue weighted by atomic mass is 32.1. The number of carbonyl (C=O) groups is 1. The van der Waals surface area contributed by atoms with Gasteiger partial charge in [0.25, 0.3) is 0 Å². The number of nitrogens with zero attached hydrogens (tertiary/aromatic N) is 4. The normalized spacial score (nSPS) is 13.7. The fourth-order valence-corrected chi connectivity index (χ4v) is 5.98. The molecule has 42 heavy (non-hydrogen) atoms. The molecule has 1 saturated heterocycles. The third-order valence-electron chi connectivity index (χ3n) is 7.48. The molecule has 0 atom stereocenters. The van der Waals surface area contributed by atoms with E-state index in [-0.39, 0.29) is 22.6 Å². The van der Waals surface area contributed by atoms with Gasteiger partial charge in [0.1, 0.15) is 17.6 Å². The summed E-state index contributed by atoms with van der Waals surface area (Å²) in [6.45, 7) is 7.24. The Kier molecular flexibility index (Phi) is 7.25. The number of aromatic nitrogens is 3. The number of nitrogens with one attached hydrogen (secondary N) is 1. The molecule has 0 aliphatic carbocycles. The van der Waals surface area contributed by atoms with Crippen LogP contribution in [0.2, 0.25) is 0 Å². The Morgan fingerprint density at radius 2 is 1.86 bits per heavy atom. The van der Waals surface area contributed by atoms with Gasteiger partial charge < -0.3 is 9.64 Å². The Bertz CT molecular complexity index is 1810. The number of H-pyrrole nitrogens is 1. The monoisotopic (exact) mass is 579 g/mol. The minimum absolute atomic E-state index is 0.0871. The Hall–Kier alpha value is -4.55. The number of fused-ring (bicyclic) bond motifs is 1. The molecule has 3 aromatic heterocycles. The van der Waals surface area contributed by atoms with Crippen molar-refractivity contribution >= 4 is 34.0 Å². The standard InChI is InChI=1S/C33H30FN5O2S/c1-33(2,3)32(40)41-22-13-14-23(25(34)18-22)29-24(19-35)27(20-9-11-21(12-10-20)39-15-5-4-6-16-39)28-30(26-8-7-17-42-26)37-38-31(28)36-29/h7-14,17-18H,4-6,15-16H2,1-3H3,(H,36,37,38). The second kappa shape index (κ2) is 11.0. The Morgan fingerprint density at radius 1 is 1.10 bits per heavy atom. The van der Waals surface area contributed by atoms with E-state index in [4.69, 9.17) is 9.72 Å². The Labute approximate surface area is 247 Å². The molecule has 1 N–H and O–H groups in total. The highest BCUT2D eigenvalue weighted by molar-refractivity contribution is 7.13. The van der Waals surface area contributed by atoms with Crippen LogP contribution >= 0.6 is 11.3 Å². The summed E-state index contributed by atoms with van der Waals surface area (Å²) in [6, 6.07) is 18.6. The quantitative estimate of drug-likeness (QED) is 0.168. The van der Waals surface area contributed by atoms with Crippen LogP contribution in [-0.2, 0) is 4.79 Å². The van der Waals surface area contributed by atoms with Gasteiger partial charge in [0.2, 0.25) is 0 Å². The lowest BCUT2D eigenvalue weighted by molar-refractivity contribution is -0.143. The van der Waals surface area contributed by atoms with Gasteiger partial charge in [-0.05, 0) is 81.3 Å². The van der Waals surface area contributed by atoms with Gasteiger partial charge in [-0.3, -0.25) is 9.89 Å². The second-order valence-electron chi connectivity index (χ2n) is 11.5. The van der Waals surface area contributed by atoms with E-state index in [1.807, 2.05) is 29.6 Å². The number of benzene rings is 2. The van der Waals surface area contributed by atoms with Crippen LogP contribution in [0, 0.1) is 22.6 Å². The summed E-state index contributed by atoms with van der Waals surface area (Å²) >= 11 is 1.56. The number of ether oxygens (including phenoxy) is 1. The zero-order valence-corrected chi connectivity index (χ0v) is 24.5. The van der Waals surface area contributed by atoms with Crippen molar-refractivity contribution in [3.63, 3.8) is 0 Å². The molecule has 0 bridgehead atoms. The number of carbonyl (C=O) groups excluding carboxylic acids is 1. The third-order valence-corrected chi connectivity index (χ3v) is 8.36. The summed E-state index contributed by atoms with van der Waals surface area (Å²) in [5.41, 5.74) is 3.53. The number of hydrogen-bond donors (Lipinski definition) is 1. The predicted octanol–water partition coefficient (Wildman–Crippen LogP) is 7.97. The maximum absolute atomic E-state index is 15.6. The summed E-state index contributed by atoms with van der Waals surface area (Å²) in [5.74, 6) is -1.04. The molecule has 2 aromatic carbocycles. The molecule has 5 aromatic rings. The van der Waals surface area contributed by atoms with Gasteiger partial charge >= 0.3 is 5.97 Å². The van der Waals surface area contributed by atoms with E-state index in [2.05, 4.69) is 33.3 Å². The molecule has 7 nitrogen and oxygen atoms in total. The van der Waals surface area contributed by atoms with Crippen molar-refractivity contribution in [2.75, 3.05) is 18.0 Å². The number of aromatic amines is 1. The van der Waals surface area contributed by atoms with Gasteiger partial charge in [0, 0.05) is 36.0 Å². The van der Waals surface area contributed by atoms with Crippen molar-refractivity contribution in [2.24, 2.45) is 5.41 Å². The van der Waals surface area contributed by atoms with Crippen molar-refractivity contribution in [3.8, 4) is 44.8 Å². The van der Waals surface area contributed by atoms with Crippen molar-refractivity contribution in [3.05, 3.63) is 71.4 Å². The number of pyridine rings is 1. The molecule has 0 unspecified atom stereocenters. The minimum atomic E-state index is -0.742. The van der Waals surface area contributed by atoms with Crippen LogP contribution in [0.5, 0.6) is 5.75 Å². The van der Waals surface area contributed by atoms with Gasteiger partial charge in [-0.1, -0.05) is 18.2 Å². The molecule has 1 aliphatic rings. The number of esters is 1. The molecular weight excluding hydrogens is 549 g/mol. The second-order valence-corrected chi connectivity index (χ2v) is 12.4. The first-order valence-corrected chi connectivity index (χ1v) is 14.9. The van der Waals surface area contributed by atoms with Gasteiger partial charge in [-0.25, -0.2) is 9.37 Å². The van der Waals surface area contributed by atoms with Crippen molar-refractivity contribution in [2.45, 2.75) is 40.0 Å². The van der Waals surface area contributed by atoms with Crippen LogP contribution in [0.15, 0.2) is 60.0 Å². The Balaban J connectivity index is 1.51. The molecular formula is C33H30FN5O2S. The lowest BCUT2D eigenvalue weighted by atomic mass is 9.92. The molecule has 4 heterocycles. The smallest absolute Gasteiger partial charge is 0.316 e. The van der Waals surface area contributed by atoms with E-state index < -0.39 is 17.2 Å². The maximum Gasteiger partial charge on any atom is 0.316 e. The topological polar surface area (TPSA) is 94.9 Å². The summed E-state index contributed by atoms with van der Waals surface area (Å²) in [6.07, 6.45) is 3.60. The first kappa shape index (κ1) is 27.6. The largest absolute Gasteiger partial charge is 0.426 e. The van der Waals surface area contributed by atoms with Crippen molar-refractivity contribution < 1.29 is 13.9 Å². The fourth-order valence-electron chi connectivity index (χ4n) is 5.25. The van der Waals surface area contributed by atoms with E-state index in [0.29, 0.717) is 16.6 Å². The molecule has 212 valence electrons. The molecule has 9 heteroatoms. The van der Waals surface area contributed by atoms with Gasteiger partial charge in [-0.15, -0.1) is 11.3 Å². The molecule has 0 radical (unpaired) electrons. The maximum atomic E-state index is 15.6. The summed E-state index contributed by atoms with van der Waals surface area (Å²) < 4.78 is 21.0.